The summed E-state index contributed by atoms with van der Waals surface area (Å²) in [7, 11) is -13.8. The van der Waals surface area contributed by atoms with Crippen molar-refractivity contribution < 1.29 is 58.2 Å². The van der Waals surface area contributed by atoms with Gasteiger partial charge in [-0.2, -0.15) is 25.3 Å². The molecule has 49 heavy (non-hydrogen) atoms. The first-order valence-corrected chi connectivity index (χ1v) is 18.2. The molecule has 1 aliphatic carbocycles. The molecule has 0 unspecified atom stereocenters. The number of carboxylic acid groups (broad SMARTS) is 1. The predicted octanol–water partition coefficient (Wildman–Crippen LogP) is 3.70. The van der Waals surface area contributed by atoms with E-state index in [0.29, 0.717) is 16.8 Å². The average Bonchev–Trinajstić information content (AvgIpc) is 3.02. The van der Waals surface area contributed by atoms with Crippen molar-refractivity contribution >= 4 is 64.4 Å². The lowest BCUT2D eigenvalue weighted by Crippen LogP contribution is -2.71. The van der Waals surface area contributed by atoms with Gasteiger partial charge in [0.25, 0.3) is 20.2 Å². The van der Waals surface area contributed by atoms with Crippen LogP contribution in [0.2, 0.25) is 0 Å². The van der Waals surface area contributed by atoms with Gasteiger partial charge >= 0.3 is 16.1 Å². The monoisotopic (exact) mass is 723 g/mol. The Labute approximate surface area is 278 Å². The Hall–Kier alpha value is -5.43. The van der Waals surface area contributed by atoms with Gasteiger partial charge in [0, 0.05) is 46.1 Å². The average molecular weight is 724 g/mol. The van der Waals surface area contributed by atoms with Crippen LogP contribution in [0.5, 0.6) is 0 Å². The van der Waals surface area contributed by atoms with Crippen LogP contribution in [0, 0.1) is 0 Å². The van der Waals surface area contributed by atoms with Crippen molar-refractivity contribution in [2.45, 2.75) is 14.7 Å². The number of nitrogens with one attached hydrogen (secondary N) is 2. The van der Waals surface area contributed by atoms with Gasteiger partial charge in [0.2, 0.25) is 11.0 Å². The fourth-order valence-corrected chi connectivity index (χ4v) is 6.84. The van der Waals surface area contributed by atoms with Gasteiger partial charge < -0.3 is 14.8 Å². The van der Waals surface area contributed by atoms with Gasteiger partial charge in [0.15, 0.2) is 4.90 Å². The van der Waals surface area contributed by atoms with Gasteiger partial charge in [-0.25, -0.2) is 9.79 Å². The van der Waals surface area contributed by atoms with Gasteiger partial charge in [-0.05, 0) is 66.2 Å². The summed E-state index contributed by atoms with van der Waals surface area (Å²) in [6.45, 7) is 0. The SMILES string of the molecule is O=C(O)c1ccccc1-c1c2cc(S(=O)(=O)O)c(=[NH+]c3ccc(S(=O)(=O)O)cc3)cc-2oc2cc(Nc3ccc(S(=O)(=O)O)cc3)ccc12. The van der Waals surface area contributed by atoms with E-state index >= 15 is 0 Å². The maximum absolute atomic E-state index is 12.7. The summed E-state index contributed by atoms with van der Waals surface area (Å²) in [6.07, 6.45) is 0. The van der Waals surface area contributed by atoms with E-state index in [4.69, 9.17) is 4.42 Å². The van der Waals surface area contributed by atoms with Crippen molar-refractivity contribution in [3.05, 3.63) is 114 Å². The third-order valence-corrected chi connectivity index (χ3v) is 10.0. The molecule has 0 bridgehead atoms. The number of rotatable bonds is 8. The Morgan fingerprint density at radius 3 is 1.84 bits per heavy atom. The number of hydrogen-bond acceptors (Lipinski definition) is 9. The third kappa shape index (κ3) is 6.93. The highest BCUT2D eigenvalue weighted by atomic mass is 32.2. The number of anilines is 2. The van der Waals surface area contributed by atoms with Crippen LogP contribution in [-0.2, 0) is 30.4 Å². The molecule has 1 heterocycles. The summed E-state index contributed by atoms with van der Waals surface area (Å²) in [6, 6.07) is 23.2. The smallest absolute Gasteiger partial charge is 0.336 e. The van der Waals surface area contributed by atoms with Crippen molar-refractivity contribution in [3.8, 4) is 22.5 Å². The summed E-state index contributed by atoms with van der Waals surface area (Å²) >= 11 is 0. The second kappa shape index (κ2) is 12.2. The summed E-state index contributed by atoms with van der Waals surface area (Å²) in [5.41, 5.74) is 1.81. The lowest BCUT2D eigenvalue weighted by Gasteiger charge is -2.18. The maximum atomic E-state index is 12.7. The fraction of sp³-hybridized carbons (Fsp3) is 0. The third-order valence-electron chi connectivity index (χ3n) is 7.40. The molecule has 0 fully saturated rings. The molecular formula is C32H23N2O12S3+. The van der Waals surface area contributed by atoms with E-state index in [0.717, 1.165) is 18.2 Å². The van der Waals surface area contributed by atoms with E-state index in [9.17, 15) is 48.8 Å². The van der Waals surface area contributed by atoms with Crippen molar-refractivity contribution in [2.75, 3.05) is 5.32 Å². The van der Waals surface area contributed by atoms with E-state index in [1.165, 1.54) is 60.7 Å². The summed E-state index contributed by atoms with van der Waals surface area (Å²) in [4.78, 5) is 13.8. The molecule has 0 aromatic heterocycles. The fourth-order valence-electron chi connectivity index (χ4n) is 5.23. The van der Waals surface area contributed by atoms with Crippen LogP contribution in [0.25, 0.3) is 33.4 Å². The van der Waals surface area contributed by atoms with Gasteiger partial charge in [0.05, 0.1) is 21.4 Å². The van der Waals surface area contributed by atoms with E-state index in [2.05, 4.69) is 10.3 Å². The highest BCUT2D eigenvalue weighted by Gasteiger charge is 2.27. The largest absolute Gasteiger partial charge is 0.478 e. The van der Waals surface area contributed by atoms with Crippen LogP contribution in [0.4, 0.5) is 17.1 Å². The zero-order valence-corrected chi connectivity index (χ0v) is 27.0. The Morgan fingerprint density at radius 2 is 1.24 bits per heavy atom. The summed E-state index contributed by atoms with van der Waals surface area (Å²) in [5, 5.41) is 13.3. The Morgan fingerprint density at radius 1 is 0.653 bits per heavy atom. The number of aromatic carboxylic acids is 1. The number of carbonyl (C=O) groups is 1. The zero-order valence-electron chi connectivity index (χ0n) is 24.6. The minimum atomic E-state index is -4.93. The maximum Gasteiger partial charge on any atom is 0.336 e. The van der Waals surface area contributed by atoms with Crippen LogP contribution < -0.4 is 15.7 Å². The van der Waals surface area contributed by atoms with E-state index < -0.39 is 46.1 Å². The van der Waals surface area contributed by atoms with Crippen LogP contribution in [0.1, 0.15) is 10.4 Å². The highest BCUT2D eigenvalue weighted by Crippen LogP contribution is 2.42. The van der Waals surface area contributed by atoms with Crippen LogP contribution in [-0.4, -0.2) is 50.0 Å². The van der Waals surface area contributed by atoms with E-state index in [-0.39, 0.29) is 49.5 Å². The molecule has 2 aliphatic rings. The molecule has 6 rings (SSSR count). The second-order valence-electron chi connectivity index (χ2n) is 10.6. The molecular weight excluding hydrogens is 701 g/mol. The lowest BCUT2D eigenvalue weighted by atomic mass is 9.90. The predicted molar refractivity (Wildman–Crippen MR) is 175 cm³/mol. The number of benzene rings is 5. The molecule has 0 atom stereocenters. The Balaban J connectivity index is 1.62. The van der Waals surface area contributed by atoms with Crippen molar-refractivity contribution in [2.24, 2.45) is 0 Å². The molecule has 0 saturated heterocycles. The van der Waals surface area contributed by atoms with Gasteiger partial charge in [-0.15, -0.1) is 0 Å². The second-order valence-corrected chi connectivity index (χ2v) is 14.8. The number of hydrogen-bond donors (Lipinski definition) is 6. The molecule has 1 aliphatic heterocycles. The summed E-state index contributed by atoms with van der Waals surface area (Å²) < 4.78 is 106. The molecule has 0 spiro atoms. The molecule has 0 saturated carbocycles. The minimum absolute atomic E-state index is 0.0572. The number of fused-ring (bicyclic) bond motifs is 2. The van der Waals surface area contributed by atoms with E-state index in [1.807, 2.05) is 0 Å². The first-order chi connectivity index (χ1) is 23.0. The molecule has 17 heteroatoms. The molecule has 14 nitrogen and oxygen atoms in total. The van der Waals surface area contributed by atoms with Crippen LogP contribution in [0.3, 0.4) is 0 Å². The summed E-state index contributed by atoms with van der Waals surface area (Å²) in [5.74, 6) is -1.20. The Bertz CT molecular complexity index is 2670. The van der Waals surface area contributed by atoms with Gasteiger partial charge in [-0.1, -0.05) is 18.2 Å². The van der Waals surface area contributed by atoms with Gasteiger partial charge in [0.1, 0.15) is 11.3 Å². The normalized spacial score (nSPS) is 12.8. The van der Waals surface area contributed by atoms with Crippen LogP contribution >= 0.6 is 0 Å². The molecule has 250 valence electrons. The van der Waals surface area contributed by atoms with E-state index in [1.54, 1.807) is 24.3 Å². The van der Waals surface area contributed by atoms with Crippen LogP contribution in [0.15, 0.2) is 122 Å². The van der Waals surface area contributed by atoms with Crippen molar-refractivity contribution in [1.29, 1.82) is 0 Å². The first-order valence-electron chi connectivity index (χ1n) is 13.9. The van der Waals surface area contributed by atoms with Crippen molar-refractivity contribution in [1.82, 2.24) is 0 Å². The molecule has 0 amide bonds. The highest BCUT2D eigenvalue weighted by molar-refractivity contribution is 7.86. The Kier molecular flexibility index (Phi) is 8.35. The first kappa shape index (κ1) is 33.5. The van der Waals surface area contributed by atoms with Gasteiger partial charge in [-0.3, -0.25) is 13.7 Å². The molecule has 6 N–H and O–H groups in total. The standard InChI is InChI=1S/C32H22N2O12S3/c35-32(36)24-4-2-1-3-23(24)31-25-14-9-20(33-18-5-10-21(11-6-18)47(37,38)39)15-28(25)46-29-17-27(30(16-26(29)31)49(43,44)45)34-19-7-12-22(13-8-19)48(40,41)42/h1-17,33H,(H,35,36)(H,37,38,39)(H,40,41,42)(H,43,44,45)/p+1. The quantitative estimate of drug-likeness (QED) is 0.0971. The minimum Gasteiger partial charge on any atom is -0.478 e. The number of carboxylic acids is 1. The topological polar surface area (TPSA) is 240 Å². The zero-order chi connectivity index (χ0) is 35.3. The lowest BCUT2D eigenvalue weighted by molar-refractivity contribution is -0.405. The molecule has 4 aromatic carbocycles. The molecule has 4 aromatic rings. The molecule has 0 radical (unpaired) electrons. The van der Waals surface area contributed by atoms with Crippen molar-refractivity contribution in [3.63, 3.8) is 0 Å².